The predicted molar refractivity (Wildman–Crippen MR) is 117 cm³/mol. The van der Waals surface area contributed by atoms with Crippen LogP contribution in [0.4, 0.5) is 5.69 Å². The summed E-state index contributed by atoms with van der Waals surface area (Å²) in [6.07, 6.45) is 0. The highest BCUT2D eigenvalue weighted by atomic mass is 32.2. The van der Waals surface area contributed by atoms with Crippen molar-refractivity contribution in [3.05, 3.63) is 76.5 Å². The van der Waals surface area contributed by atoms with Crippen molar-refractivity contribution in [2.75, 3.05) is 10.8 Å². The second-order valence-electron chi connectivity index (χ2n) is 7.00. The van der Waals surface area contributed by atoms with E-state index in [1.165, 1.54) is 0 Å². The summed E-state index contributed by atoms with van der Waals surface area (Å²) in [4.78, 5) is 11.0. The van der Waals surface area contributed by atoms with Crippen LogP contribution in [0.5, 0.6) is 5.75 Å². The molecular weight excluding hydrogens is 402 g/mol. The molecule has 30 heavy (non-hydrogen) atoms. The van der Waals surface area contributed by atoms with Crippen LogP contribution >= 0.6 is 0 Å². The maximum absolute atomic E-state index is 13.1. The van der Waals surface area contributed by atoms with Gasteiger partial charge in [0.1, 0.15) is 18.1 Å². The summed E-state index contributed by atoms with van der Waals surface area (Å²) >= 11 is 0. The fourth-order valence-electron chi connectivity index (χ4n) is 2.98. The summed E-state index contributed by atoms with van der Waals surface area (Å²) in [6, 6.07) is 14.0. The normalized spacial score (nSPS) is 11.9. The number of carbonyl (C=O) groups is 1. The third-order valence-corrected chi connectivity index (χ3v) is 6.23. The standard InChI is InChI=1S/C23H25NO5S/c1-5-24(30(27)22-11-6-17(4)29-22)20-12-15(2)16(3)13-21(20)28-14-18-7-9-19(10-8-18)23(25)26/h6-13H,5,14H2,1-4H3,(H,25,26). The Bertz CT molecular complexity index is 1070. The molecular formula is C23H25NO5S. The summed E-state index contributed by atoms with van der Waals surface area (Å²) in [5, 5.41) is 9.43. The highest BCUT2D eigenvalue weighted by Crippen LogP contribution is 2.34. The van der Waals surface area contributed by atoms with Crippen molar-refractivity contribution in [1.29, 1.82) is 0 Å². The number of nitrogens with zero attached hydrogens (tertiary/aromatic N) is 1. The number of aryl methyl sites for hydroxylation is 3. The zero-order valence-corrected chi connectivity index (χ0v) is 18.3. The van der Waals surface area contributed by atoms with E-state index in [1.807, 2.05) is 39.8 Å². The van der Waals surface area contributed by atoms with Crippen LogP contribution in [-0.4, -0.2) is 21.8 Å². The SMILES string of the molecule is CCN(c1cc(C)c(C)cc1OCc1ccc(C(=O)O)cc1)S(=O)c1ccc(C)o1. The number of anilines is 1. The summed E-state index contributed by atoms with van der Waals surface area (Å²) in [5.41, 5.74) is 3.91. The van der Waals surface area contributed by atoms with Gasteiger partial charge in [-0.05, 0) is 80.8 Å². The molecule has 0 radical (unpaired) electrons. The van der Waals surface area contributed by atoms with Crippen molar-refractivity contribution in [1.82, 2.24) is 0 Å². The molecule has 1 unspecified atom stereocenters. The molecule has 3 rings (SSSR count). The first kappa shape index (κ1) is 21.6. The Kier molecular flexibility index (Phi) is 6.62. The minimum absolute atomic E-state index is 0.229. The molecule has 0 fully saturated rings. The Morgan fingerprint density at radius 3 is 2.30 bits per heavy atom. The van der Waals surface area contributed by atoms with E-state index in [1.54, 1.807) is 40.7 Å². The number of carboxylic acid groups (broad SMARTS) is 1. The minimum atomic E-state index is -1.51. The summed E-state index contributed by atoms with van der Waals surface area (Å²) < 4.78 is 26.5. The molecule has 0 amide bonds. The number of rotatable bonds is 8. The molecule has 0 spiro atoms. The second kappa shape index (κ2) is 9.17. The molecule has 1 aromatic heterocycles. The van der Waals surface area contributed by atoms with Crippen molar-refractivity contribution in [3.63, 3.8) is 0 Å². The van der Waals surface area contributed by atoms with Crippen LogP contribution in [0.15, 0.2) is 58.0 Å². The molecule has 2 aromatic carbocycles. The highest BCUT2D eigenvalue weighted by Gasteiger charge is 2.22. The molecule has 0 aliphatic carbocycles. The van der Waals surface area contributed by atoms with E-state index in [9.17, 15) is 9.00 Å². The monoisotopic (exact) mass is 427 g/mol. The van der Waals surface area contributed by atoms with Gasteiger partial charge in [0.15, 0.2) is 11.0 Å². The average molecular weight is 428 g/mol. The Hall–Kier alpha value is -3.06. The molecule has 0 saturated heterocycles. The van der Waals surface area contributed by atoms with Crippen LogP contribution in [0.3, 0.4) is 0 Å². The van der Waals surface area contributed by atoms with Gasteiger partial charge in [-0.2, -0.15) is 0 Å². The van der Waals surface area contributed by atoms with Gasteiger partial charge in [-0.1, -0.05) is 12.1 Å². The Balaban J connectivity index is 1.89. The van der Waals surface area contributed by atoms with Crippen LogP contribution in [0, 0.1) is 20.8 Å². The van der Waals surface area contributed by atoms with Crippen molar-refractivity contribution in [2.45, 2.75) is 39.4 Å². The first-order valence-corrected chi connectivity index (χ1v) is 10.7. The zero-order chi connectivity index (χ0) is 21.8. The Morgan fingerprint density at radius 2 is 1.73 bits per heavy atom. The number of ether oxygens (including phenoxy) is 1. The van der Waals surface area contributed by atoms with E-state index in [-0.39, 0.29) is 12.2 Å². The molecule has 0 bridgehead atoms. The van der Waals surface area contributed by atoms with Gasteiger partial charge >= 0.3 is 5.97 Å². The van der Waals surface area contributed by atoms with Crippen LogP contribution < -0.4 is 9.04 Å². The number of furan rings is 1. The number of aromatic carboxylic acids is 1. The van der Waals surface area contributed by atoms with Crippen LogP contribution in [0.25, 0.3) is 0 Å². The lowest BCUT2D eigenvalue weighted by atomic mass is 10.1. The number of carboxylic acids is 1. The van der Waals surface area contributed by atoms with E-state index in [2.05, 4.69) is 0 Å². The summed E-state index contributed by atoms with van der Waals surface area (Å²) in [7, 11) is -1.51. The lowest BCUT2D eigenvalue weighted by Crippen LogP contribution is -2.26. The molecule has 7 heteroatoms. The Morgan fingerprint density at radius 1 is 1.07 bits per heavy atom. The van der Waals surface area contributed by atoms with Crippen LogP contribution in [0.2, 0.25) is 0 Å². The third-order valence-electron chi connectivity index (χ3n) is 4.81. The van der Waals surface area contributed by atoms with Gasteiger partial charge in [0.25, 0.3) is 0 Å². The number of hydrogen-bond acceptors (Lipinski definition) is 4. The molecule has 0 aliphatic rings. The lowest BCUT2D eigenvalue weighted by Gasteiger charge is -2.24. The van der Waals surface area contributed by atoms with Gasteiger partial charge in [-0.3, -0.25) is 4.31 Å². The summed E-state index contributed by atoms with van der Waals surface area (Å²) in [6.45, 7) is 8.50. The lowest BCUT2D eigenvalue weighted by molar-refractivity contribution is 0.0697. The molecule has 3 aromatic rings. The van der Waals surface area contributed by atoms with Gasteiger partial charge in [0.2, 0.25) is 5.09 Å². The molecule has 6 nitrogen and oxygen atoms in total. The van der Waals surface area contributed by atoms with E-state index in [4.69, 9.17) is 14.3 Å². The maximum atomic E-state index is 13.1. The number of hydrogen-bond donors (Lipinski definition) is 1. The quantitative estimate of drug-likeness (QED) is 0.545. The van der Waals surface area contributed by atoms with Gasteiger partial charge in [0.05, 0.1) is 11.3 Å². The zero-order valence-electron chi connectivity index (χ0n) is 17.5. The topological polar surface area (TPSA) is 80.0 Å². The maximum Gasteiger partial charge on any atom is 0.335 e. The number of benzene rings is 2. The Labute approximate surface area is 178 Å². The average Bonchev–Trinajstić information content (AvgIpc) is 3.16. The molecule has 1 N–H and O–H groups in total. The highest BCUT2D eigenvalue weighted by molar-refractivity contribution is 7.86. The summed E-state index contributed by atoms with van der Waals surface area (Å²) in [5.74, 6) is 0.350. The van der Waals surface area contributed by atoms with Crippen molar-refractivity contribution >= 4 is 22.6 Å². The van der Waals surface area contributed by atoms with Crippen molar-refractivity contribution < 1.29 is 23.3 Å². The third kappa shape index (κ3) is 4.74. The van der Waals surface area contributed by atoms with Crippen molar-refractivity contribution in [3.8, 4) is 5.75 Å². The largest absolute Gasteiger partial charge is 0.487 e. The van der Waals surface area contributed by atoms with Crippen LogP contribution in [0.1, 0.15) is 39.7 Å². The molecule has 1 atom stereocenters. The van der Waals surface area contributed by atoms with E-state index >= 15 is 0 Å². The van der Waals surface area contributed by atoms with Crippen molar-refractivity contribution in [2.24, 2.45) is 0 Å². The molecule has 1 heterocycles. The van der Waals surface area contributed by atoms with Gasteiger partial charge < -0.3 is 14.3 Å². The molecule has 158 valence electrons. The van der Waals surface area contributed by atoms with E-state index < -0.39 is 17.0 Å². The first-order chi connectivity index (χ1) is 14.3. The second-order valence-corrected chi connectivity index (χ2v) is 8.35. The van der Waals surface area contributed by atoms with Gasteiger partial charge in [-0.15, -0.1) is 0 Å². The smallest absolute Gasteiger partial charge is 0.335 e. The van der Waals surface area contributed by atoms with Crippen LogP contribution in [-0.2, 0) is 17.6 Å². The predicted octanol–water partition coefficient (Wildman–Crippen LogP) is 5.03. The van der Waals surface area contributed by atoms with E-state index in [0.29, 0.717) is 23.1 Å². The van der Waals surface area contributed by atoms with E-state index in [0.717, 1.165) is 22.4 Å². The first-order valence-electron chi connectivity index (χ1n) is 9.62. The molecule has 0 aliphatic heterocycles. The fraction of sp³-hybridized carbons (Fsp3) is 0.261. The minimum Gasteiger partial charge on any atom is -0.487 e. The van der Waals surface area contributed by atoms with Gasteiger partial charge in [0, 0.05) is 6.54 Å². The van der Waals surface area contributed by atoms with Gasteiger partial charge in [-0.25, -0.2) is 9.00 Å². The molecule has 0 saturated carbocycles. The fourth-order valence-corrected chi connectivity index (χ4v) is 4.14.